The zero-order valence-electron chi connectivity index (χ0n) is 9.20. The van der Waals surface area contributed by atoms with E-state index >= 15 is 0 Å². The van der Waals surface area contributed by atoms with E-state index in [1.165, 1.54) is 19.0 Å². The SMILES string of the molecule is CCC/C(=C\CPC)C(C)(C)C. The van der Waals surface area contributed by atoms with Crippen LogP contribution >= 0.6 is 8.58 Å². The first kappa shape index (κ1) is 12.2. The average molecular weight is 186 g/mol. The normalized spacial score (nSPS) is 14.6. The fraction of sp³-hybridized carbons (Fsp3) is 0.818. The first-order chi connectivity index (χ1) is 5.52. The molecule has 0 fully saturated rings. The molecule has 0 spiro atoms. The summed E-state index contributed by atoms with van der Waals surface area (Å²) < 4.78 is 0. The Labute approximate surface area is 79.6 Å². The minimum Gasteiger partial charge on any atom is -0.121 e. The molecule has 12 heavy (non-hydrogen) atoms. The summed E-state index contributed by atoms with van der Waals surface area (Å²) in [6, 6.07) is 0. The van der Waals surface area contributed by atoms with E-state index in [1.54, 1.807) is 5.57 Å². The third-order valence-corrected chi connectivity index (χ3v) is 2.65. The molecule has 1 atom stereocenters. The summed E-state index contributed by atoms with van der Waals surface area (Å²) in [5, 5.41) is 0. The standard InChI is InChI=1S/C11H23P/c1-6-7-10(8-9-12-5)11(2,3)4/h8,12H,6-7,9H2,1-5H3/b10-8+. The maximum Gasteiger partial charge on any atom is -0.0172 e. The van der Waals surface area contributed by atoms with Gasteiger partial charge in [0.05, 0.1) is 0 Å². The van der Waals surface area contributed by atoms with Crippen molar-refractivity contribution >= 4 is 8.58 Å². The maximum absolute atomic E-state index is 2.45. The van der Waals surface area contributed by atoms with Gasteiger partial charge in [0.15, 0.2) is 0 Å². The van der Waals surface area contributed by atoms with E-state index in [0.717, 1.165) is 8.58 Å². The van der Waals surface area contributed by atoms with Crippen LogP contribution in [0.2, 0.25) is 0 Å². The van der Waals surface area contributed by atoms with Gasteiger partial charge in [0.2, 0.25) is 0 Å². The number of hydrogen-bond donors (Lipinski definition) is 0. The van der Waals surface area contributed by atoms with Crippen molar-refractivity contribution in [3.05, 3.63) is 11.6 Å². The minimum absolute atomic E-state index is 0.385. The van der Waals surface area contributed by atoms with Gasteiger partial charge in [-0.25, -0.2) is 0 Å². The van der Waals surface area contributed by atoms with Crippen LogP contribution in [-0.2, 0) is 0 Å². The van der Waals surface area contributed by atoms with Crippen molar-refractivity contribution in [2.75, 3.05) is 12.8 Å². The molecule has 0 aromatic rings. The van der Waals surface area contributed by atoms with Gasteiger partial charge in [0.1, 0.15) is 0 Å². The second-order valence-electron chi connectivity index (χ2n) is 4.29. The smallest absolute Gasteiger partial charge is 0.0172 e. The van der Waals surface area contributed by atoms with Crippen LogP contribution in [0, 0.1) is 5.41 Å². The Morgan fingerprint density at radius 1 is 1.33 bits per heavy atom. The second-order valence-corrected chi connectivity index (χ2v) is 5.40. The molecular formula is C11H23P. The van der Waals surface area contributed by atoms with Gasteiger partial charge in [-0.15, -0.1) is 8.58 Å². The molecule has 72 valence electrons. The highest BCUT2D eigenvalue weighted by molar-refractivity contribution is 7.37. The lowest BCUT2D eigenvalue weighted by Crippen LogP contribution is -2.09. The topological polar surface area (TPSA) is 0 Å². The summed E-state index contributed by atoms with van der Waals surface area (Å²) in [6.45, 7) is 11.5. The Morgan fingerprint density at radius 2 is 1.92 bits per heavy atom. The van der Waals surface area contributed by atoms with Crippen LogP contribution in [0.3, 0.4) is 0 Å². The fourth-order valence-electron chi connectivity index (χ4n) is 1.28. The van der Waals surface area contributed by atoms with Crippen molar-refractivity contribution < 1.29 is 0 Å². The third kappa shape index (κ3) is 4.93. The lowest BCUT2D eigenvalue weighted by Gasteiger charge is -2.23. The maximum atomic E-state index is 2.45. The zero-order valence-corrected chi connectivity index (χ0v) is 10.2. The van der Waals surface area contributed by atoms with E-state index in [1.807, 2.05) is 0 Å². The van der Waals surface area contributed by atoms with Crippen molar-refractivity contribution in [2.24, 2.45) is 5.41 Å². The fourth-order valence-corrected chi connectivity index (χ4v) is 1.73. The molecule has 0 aromatic heterocycles. The van der Waals surface area contributed by atoms with E-state index in [9.17, 15) is 0 Å². The van der Waals surface area contributed by atoms with Gasteiger partial charge in [-0.3, -0.25) is 0 Å². The Kier molecular flexibility index (Phi) is 5.84. The van der Waals surface area contributed by atoms with Crippen LogP contribution in [0.5, 0.6) is 0 Å². The second kappa shape index (κ2) is 5.75. The summed E-state index contributed by atoms with van der Waals surface area (Å²) >= 11 is 0. The van der Waals surface area contributed by atoms with Gasteiger partial charge < -0.3 is 0 Å². The molecule has 0 aliphatic rings. The predicted molar refractivity (Wildman–Crippen MR) is 61.6 cm³/mol. The van der Waals surface area contributed by atoms with Crippen LogP contribution in [0.25, 0.3) is 0 Å². The molecule has 0 aromatic carbocycles. The van der Waals surface area contributed by atoms with E-state index in [4.69, 9.17) is 0 Å². The van der Waals surface area contributed by atoms with Crippen molar-refractivity contribution in [2.45, 2.75) is 40.5 Å². The van der Waals surface area contributed by atoms with E-state index in [-0.39, 0.29) is 0 Å². The molecule has 0 amide bonds. The molecule has 0 aliphatic heterocycles. The molecule has 1 heteroatoms. The highest BCUT2D eigenvalue weighted by Crippen LogP contribution is 2.29. The van der Waals surface area contributed by atoms with Crippen LogP contribution in [0.15, 0.2) is 11.6 Å². The first-order valence-corrected chi connectivity index (χ1v) is 6.57. The van der Waals surface area contributed by atoms with E-state index < -0.39 is 0 Å². The molecule has 0 N–H and O–H groups in total. The molecule has 1 unspecified atom stereocenters. The summed E-state index contributed by atoms with van der Waals surface area (Å²) in [6.07, 6.45) is 6.26. The van der Waals surface area contributed by atoms with Crippen LogP contribution in [0.4, 0.5) is 0 Å². The molecule has 0 saturated heterocycles. The Hall–Kier alpha value is 0.170. The van der Waals surface area contributed by atoms with Gasteiger partial charge >= 0.3 is 0 Å². The molecule has 0 radical (unpaired) electrons. The van der Waals surface area contributed by atoms with Crippen molar-refractivity contribution in [1.29, 1.82) is 0 Å². The number of allylic oxidation sites excluding steroid dienone is 2. The largest absolute Gasteiger partial charge is 0.121 e. The quantitative estimate of drug-likeness (QED) is 0.458. The number of rotatable bonds is 4. The Bertz CT molecular complexity index is 140. The molecule has 0 aliphatic carbocycles. The van der Waals surface area contributed by atoms with Gasteiger partial charge in [-0.2, -0.15) is 0 Å². The summed E-state index contributed by atoms with van der Waals surface area (Å²) in [4.78, 5) is 0. The van der Waals surface area contributed by atoms with Gasteiger partial charge in [0.25, 0.3) is 0 Å². The van der Waals surface area contributed by atoms with Crippen LogP contribution in [0.1, 0.15) is 40.5 Å². The molecular weight excluding hydrogens is 163 g/mol. The minimum atomic E-state index is 0.385. The van der Waals surface area contributed by atoms with Gasteiger partial charge in [-0.05, 0) is 24.7 Å². The van der Waals surface area contributed by atoms with Crippen LogP contribution < -0.4 is 0 Å². The average Bonchev–Trinajstić information content (AvgIpc) is 1.95. The monoisotopic (exact) mass is 186 g/mol. The lowest BCUT2D eigenvalue weighted by molar-refractivity contribution is 0.479. The van der Waals surface area contributed by atoms with Crippen LogP contribution in [-0.4, -0.2) is 12.8 Å². The first-order valence-electron chi connectivity index (χ1n) is 4.86. The van der Waals surface area contributed by atoms with Crippen molar-refractivity contribution in [3.8, 4) is 0 Å². The molecule has 0 bridgehead atoms. The summed E-state index contributed by atoms with van der Waals surface area (Å²) in [5.41, 5.74) is 2.02. The van der Waals surface area contributed by atoms with Crippen molar-refractivity contribution in [3.63, 3.8) is 0 Å². The Balaban J connectivity index is 4.22. The highest BCUT2D eigenvalue weighted by atomic mass is 31.1. The highest BCUT2D eigenvalue weighted by Gasteiger charge is 2.14. The summed E-state index contributed by atoms with van der Waals surface area (Å²) in [7, 11) is 1.06. The van der Waals surface area contributed by atoms with Gasteiger partial charge in [-0.1, -0.05) is 45.8 Å². The van der Waals surface area contributed by atoms with Crippen molar-refractivity contribution in [1.82, 2.24) is 0 Å². The van der Waals surface area contributed by atoms with Gasteiger partial charge in [0, 0.05) is 0 Å². The molecule has 0 rings (SSSR count). The third-order valence-electron chi connectivity index (χ3n) is 2.04. The molecule has 0 nitrogen and oxygen atoms in total. The Morgan fingerprint density at radius 3 is 2.25 bits per heavy atom. The van der Waals surface area contributed by atoms with E-state index in [2.05, 4.69) is 40.4 Å². The molecule has 0 saturated carbocycles. The number of hydrogen-bond acceptors (Lipinski definition) is 0. The summed E-state index contributed by atoms with van der Waals surface area (Å²) in [5.74, 6) is 0. The lowest BCUT2D eigenvalue weighted by atomic mass is 9.84. The molecule has 0 heterocycles. The van der Waals surface area contributed by atoms with E-state index in [0.29, 0.717) is 5.41 Å². The predicted octanol–water partition coefficient (Wildman–Crippen LogP) is 4.07. The zero-order chi connectivity index (χ0) is 9.61.